The minimum Gasteiger partial charge on any atom is -0.493 e. The highest BCUT2D eigenvalue weighted by Crippen LogP contribution is 2.33. The molecule has 0 saturated heterocycles. The van der Waals surface area contributed by atoms with Crippen LogP contribution in [0.1, 0.15) is 16.2 Å². The standard InChI is InChI=1S/C23H19N3O5/c1-30-20-12-14(13-21(27)28)6-11-19(20)31-16-9-7-15(8-10-16)24-23(29)22-25-17-4-2-3-5-18(17)26-22/h2-12H,13H2,1H3,(H,24,29)(H,25,26)(H,27,28). The molecule has 0 saturated carbocycles. The summed E-state index contributed by atoms with van der Waals surface area (Å²) in [4.78, 5) is 30.6. The van der Waals surface area contributed by atoms with Crippen LogP contribution in [0.2, 0.25) is 0 Å². The first-order valence-corrected chi connectivity index (χ1v) is 9.44. The van der Waals surface area contributed by atoms with Gasteiger partial charge in [0.15, 0.2) is 17.3 Å². The van der Waals surface area contributed by atoms with Crippen LogP contribution in [0.25, 0.3) is 11.0 Å². The van der Waals surface area contributed by atoms with Crippen molar-refractivity contribution in [1.82, 2.24) is 9.97 Å². The van der Waals surface area contributed by atoms with Gasteiger partial charge in [-0.05, 0) is 54.1 Å². The Kier molecular flexibility index (Phi) is 5.53. The lowest BCUT2D eigenvalue weighted by Gasteiger charge is -2.12. The molecule has 0 aliphatic heterocycles. The van der Waals surface area contributed by atoms with Crippen molar-refractivity contribution in [3.05, 3.63) is 78.1 Å². The number of carboxylic acids is 1. The van der Waals surface area contributed by atoms with E-state index in [-0.39, 0.29) is 18.2 Å². The molecule has 4 aromatic rings. The van der Waals surface area contributed by atoms with Crippen molar-refractivity contribution in [1.29, 1.82) is 0 Å². The number of carbonyl (C=O) groups is 2. The monoisotopic (exact) mass is 417 g/mol. The van der Waals surface area contributed by atoms with Crippen LogP contribution in [-0.2, 0) is 11.2 Å². The highest BCUT2D eigenvalue weighted by Gasteiger charge is 2.12. The number of hydrogen-bond acceptors (Lipinski definition) is 5. The summed E-state index contributed by atoms with van der Waals surface area (Å²) in [6.45, 7) is 0. The minimum absolute atomic E-state index is 0.101. The fourth-order valence-electron chi connectivity index (χ4n) is 3.06. The molecule has 156 valence electrons. The van der Waals surface area contributed by atoms with E-state index in [4.69, 9.17) is 14.6 Å². The third-order valence-corrected chi connectivity index (χ3v) is 4.53. The second kappa shape index (κ2) is 8.58. The average Bonchev–Trinajstić information content (AvgIpc) is 3.20. The fraction of sp³-hybridized carbons (Fsp3) is 0.0870. The molecule has 0 spiro atoms. The lowest BCUT2D eigenvalue weighted by molar-refractivity contribution is -0.136. The third-order valence-electron chi connectivity index (χ3n) is 4.53. The number of carboxylic acid groups (broad SMARTS) is 1. The SMILES string of the molecule is COc1cc(CC(=O)O)ccc1Oc1ccc(NC(=O)c2nc3ccccc3[nH]2)cc1. The molecule has 8 nitrogen and oxygen atoms in total. The van der Waals surface area contributed by atoms with Crippen molar-refractivity contribution in [2.45, 2.75) is 6.42 Å². The van der Waals surface area contributed by atoms with Crippen molar-refractivity contribution in [2.24, 2.45) is 0 Å². The molecule has 0 unspecified atom stereocenters. The Hall–Kier alpha value is -4.33. The molecule has 0 atom stereocenters. The van der Waals surface area contributed by atoms with Crippen molar-refractivity contribution < 1.29 is 24.2 Å². The molecular formula is C23H19N3O5. The maximum atomic E-state index is 12.5. The van der Waals surface area contributed by atoms with Gasteiger partial charge in [-0.3, -0.25) is 9.59 Å². The smallest absolute Gasteiger partial charge is 0.307 e. The second-order valence-corrected chi connectivity index (χ2v) is 6.74. The first kappa shape index (κ1) is 20.0. The van der Waals surface area contributed by atoms with Crippen LogP contribution >= 0.6 is 0 Å². The molecule has 1 amide bonds. The molecule has 1 heterocycles. The van der Waals surface area contributed by atoms with Gasteiger partial charge in [0.1, 0.15) is 5.75 Å². The van der Waals surface area contributed by atoms with E-state index in [0.717, 1.165) is 11.0 Å². The molecule has 4 rings (SSSR count). The number of aliphatic carboxylic acids is 1. The summed E-state index contributed by atoms with van der Waals surface area (Å²) >= 11 is 0. The van der Waals surface area contributed by atoms with E-state index in [2.05, 4.69) is 15.3 Å². The predicted octanol–water partition coefficient (Wildman–Crippen LogP) is 4.24. The number of nitrogens with zero attached hydrogens (tertiary/aromatic N) is 1. The summed E-state index contributed by atoms with van der Waals surface area (Å²) in [5.74, 6) is 0.381. The topological polar surface area (TPSA) is 114 Å². The number of benzene rings is 3. The first-order valence-electron chi connectivity index (χ1n) is 9.44. The molecule has 31 heavy (non-hydrogen) atoms. The van der Waals surface area contributed by atoms with E-state index < -0.39 is 5.97 Å². The van der Waals surface area contributed by atoms with E-state index in [0.29, 0.717) is 28.5 Å². The summed E-state index contributed by atoms with van der Waals surface area (Å²) in [6.07, 6.45) is -0.101. The zero-order valence-corrected chi connectivity index (χ0v) is 16.6. The van der Waals surface area contributed by atoms with Gasteiger partial charge in [0, 0.05) is 5.69 Å². The van der Waals surface area contributed by atoms with Crippen LogP contribution in [0.15, 0.2) is 66.7 Å². The normalized spacial score (nSPS) is 10.6. The predicted molar refractivity (Wildman–Crippen MR) is 115 cm³/mol. The van der Waals surface area contributed by atoms with Gasteiger partial charge in [0.05, 0.1) is 24.6 Å². The second-order valence-electron chi connectivity index (χ2n) is 6.74. The number of aromatic amines is 1. The molecule has 8 heteroatoms. The zero-order chi connectivity index (χ0) is 21.8. The Morgan fingerprint density at radius 2 is 1.81 bits per heavy atom. The molecular weight excluding hydrogens is 398 g/mol. The number of nitrogens with one attached hydrogen (secondary N) is 2. The molecule has 3 N–H and O–H groups in total. The Balaban J connectivity index is 1.44. The van der Waals surface area contributed by atoms with Crippen molar-refractivity contribution in [3.8, 4) is 17.2 Å². The van der Waals surface area contributed by atoms with Crippen LogP contribution in [-0.4, -0.2) is 34.1 Å². The van der Waals surface area contributed by atoms with Crippen LogP contribution in [0.5, 0.6) is 17.2 Å². The number of rotatable bonds is 7. The average molecular weight is 417 g/mol. The van der Waals surface area contributed by atoms with E-state index >= 15 is 0 Å². The number of carbonyl (C=O) groups excluding carboxylic acids is 1. The number of para-hydroxylation sites is 2. The number of anilines is 1. The molecule has 0 fully saturated rings. The van der Waals surface area contributed by atoms with E-state index in [1.54, 1.807) is 42.5 Å². The molecule has 1 aromatic heterocycles. The van der Waals surface area contributed by atoms with Gasteiger partial charge in [-0.2, -0.15) is 0 Å². The third kappa shape index (κ3) is 4.64. The van der Waals surface area contributed by atoms with Gasteiger partial charge in [0.25, 0.3) is 5.91 Å². The number of methoxy groups -OCH3 is 1. The Bertz CT molecular complexity index is 1210. The zero-order valence-electron chi connectivity index (χ0n) is 16.6. The number of hydrogen-bond donors (Lipinski definition) is 3. The summed E-state index contributed by atoms with van der Waals surface area (Å²) < 4.78 is 11.1. The number of fused-ring (bicyclic) bond motifs is 1. The van der Waals surface area contributed by atoms with Crippen molar-refractivity contribution in [2.75, 3.05) is 12.4 Å². The Morgan fingerprint density at radius 1 is 1.03 bits per heavy atom. The highest BCUT2D eigenvalue weighted by molar-refractivity contribution is 6.03. The summed E-state index contributed by atoms with van der Waals surface area (Å²) in [6, 6.07) is 19.2. The van der Waals surface area contributed by atoms with Gasteiger partial charge in [-0.15, -0.1) is 0 Å². The fourth-order valence-corrected chi connectivity index (χ4v) is 3.06. The molecule has 0 bridgehead atoms. The number of aromatic nitrogens is 2. The van der Waals surface area contributed by atoms with Crippen molar-refractivity contribution in [3.63, 3.8) is 0 Å². The van der Waals surface area contributed by atoms with Crippen LogP contribution in [0, 0.1) is 0 Å². The Labute approximate surface area is 177 Å². The van der Waals surface area contributed by atoms with Gasteiger partial charge in [-0.25, -0.2) is 4.98 Å². The lowest BCUT2D eigenvalue weighted by atomic mass is 10.1. The van der Waals surface area contributed by atoms with Crippen LogP contribution < -0.4 is 14.8 Å². The van der Waals surface area contributed by atoms with Crippen LogP contribution in [0.3, 0.4) is 0 Å². The maximum absolute atomic E-state index is 12.5. The van der Waals surface area contributed by atoms with Gasteiger partial charge in [-0.1, -0.05) is 18.2 Å². The van der Waals surface area contributed by atoms with E-state index in [1.165, 1.54) is 7.11 Å². The van der Waals surface area contributed by atoms with Crippen molar-refractivity contribution >= 4 is 28.6 Å². The minimum atomic E-state index is -0.920. The maximum Gasteiger partial charge on any atom is 0.307 e. The molecule has 0 aliphatic rings. The van der Waals surface area contributed by atoms with E-state index in [9.17, 15) is 9.59 Å². The lowest BCUT2D eigenvalue weighted by Crippen LogP contribution is -2.13. The summed E-state index contributed by atoms with van der Waals surface area (Å²) in [5.41, 5.74) is 2.71. The Morgan fingerprint density at radius 3 is 2.52 bits per heavy atom. The summed E-state index contributed by atoms with van der Waals surface area (Å²) in [7, 11) is 1.49. The number of H-pyrrole nitrogens is 1. The highest BCUT2D eigenvalue weighted by atomic mass is 16.5. The molecule has 0 aliphatic carbocycles. The van der Waals surface area contributed by atoms with Gasteiger partial charge < -0.3 is 24.9 Å². The van der Waals surface area contributed by atoms with E-state index in [1.807, 2.05) is 24.3 Å². The van der Waals surface area contributed by atoms with Gasteiger partial charge in [0.2, 0.25) is 0 Å². The quantitative estimate of drug-likeness (QED) is 0.414. The molecule has 0 radical (unpaired) electrons. The number of ether oxygens (including phenoxy) is 2. The summed E-state index contributed by atoms with van der Waals surface area (Å²) in [5, 5.41) is 11.7. The van der Waals surface area contributed by atoms with Gasteiger partial charge >= 0.3 is 5.97 Å². The first-order chi connectivity index (χ1) is 15.0. The van der Waals surface area contributed by atoms with Crippen LogP contribution in [0.4, 0.5) is 5.69 Å². The number of amides is 1. The molecule has 3 aromatic carbocycles. The number of imidazole rings is 1. The largest absolute Gasteiger partial charge is 0.493 e.